The van der Waals surface area contributed by atoms with E-state index in [4.69, 9.17) is 17.0 Å². The van der Waals surface area contributed by atoms with Crippen molar-refractivity contribution in [1.29, 1.82) is 0 Å². The highest BCUT2D eigenvalue weighted by molar-refractivity contribution is 8.06. The molecule has 12 nitrogen and oxygen atoms in total. The van der Waals surface area contributed by atoms with Gasteiger partial charge in [-0.15, -0.1) is 0 Å². The van der Waals surface area contributed by atoms with Gasteiger partial charge in [-0.3, -0.25) is 9.69 Å². The molecule has 0 radical (unpaired) electrons. The number of hydrogen-bond donors (Lipinski definition) is 2. The zero-order valence-corrected chi connectivity index (χ0v) is 21.8. The van der Waals surface area contributed by atoms with Gasteiger partial charge in [0.1, 0.15) is 5.03 Å². The van der Waals surface area contributed by atoms with Gasteiger partial charge in [-0.2, -0.15) is 36.4 Å². The number of hydroxylamine groups is 2. The van der Waals surface area contributed by atoms with E-state index in [0.29, 0.717) is 24.7 Å². The second-order valence-electron chi connectivity index (χ2n) is 6.88. The first kappa shape index (κ1) is 28.0. The smallest absolute Gasteiger partial charge is 0.299 e. The van der Waals surface area contributed by atoms with Crippen LogP contribution in [0, 0.1) is 0 Å². The highest BCUT2D eigenvalue weighted by Gasteiger charge is 2.39. The first-order chi connectivity index (χ1) is 15.5. The van der Waals surface area contributed by atoms with Gasteiger partial charge in [0.15, 0.2) is 0 Å². The number of ether oxygens (including phenoxy) is 1. The molecule has 0 spiro atoms. The molecule has 2 N–H and O–H groups in total. The summed E-state index contributed by atoms with van der Waals surface area (Å²) in [6.07, 6.45) is 0.353. The van der Waals surface area contributed by atoms with Crippen molar-refractivity contribution in [2.45, 2.75) is 33.6 Å². The molecule has 0 aromatic carbocycles. The van der Waals surface area contributed by atoms with E-state index in [1.807, 2.05) is 12.3 Å². The fourth-order valence-corrected chi connectivity index (χ4v) is 5.77. The number of amides is 1. The van der Waals surface area contributed by atoms with Crippen molar-refractivity contribution in [2.75, 3.05) is 37.7 Å². The maximum Gasteiger partial charge on any atom is 0.299 e. The Hall–Kier alpha value is -1.27. The molecule has 1 saturated heterocycles. The molecule has 0 aromatic heterocycles. The van der Waals surface area contributed by atoms with Gasteiger partial charge in [-0.05, 0) is 37.4 Å². The minimum Gasteiger partial charge on any atom is -0.423 e. The molecule has 1 fully saturated rings. The van der Waals surface area contributed by atoms with Gasteiger partial charge in [0, 0.05) is 31.9 Å². The Bertz CT molecular complexity index is 1010. The van der Waals surface area contributed by atoms with Crippen LogP contribution in [-0.2, 0) is 38.3 Å². The van der Waals surface area contributed by atoms with Crippen LogP contribution in [0.15, 0.2) is 21.9 Å². The molecule has 2 aliphatic rings. The lowest BCUT2D eigenvalue weighted by Gasteiger charge is -2.21. The predicted molar refractivity (Wildman–Crippen MR) is 127 cm³/mol. The second kappa shape index (κ2) is 12.4. The summed E-state index contributed by atoms with van der Waals surface area (Å²) in [5, 5.41) is 2.24. The maximum atomic E-state index is 12.9. The predicted octanol–water partition coefficient (Wildman–Crippen LogP) is 0.731. The SMILES string of the molecule is CCNOS(=O)(=O)CCCN1C(=O)C(=C2SC=C(C)N2CCCS(=O)(=O)ONCC)OC1=S. The summed E-state index contributed by atoms with van der Waals surface area (Å²) in [5.41, 5.74) is 5.42. The van der Waals surface area contributed by atoms with E-state index in [-0.39, 0.29) is 41.8 Å². The van der Waals surface area contributed by atoms with Crippen molar-refractivity contribution in [1.82, 2.24) is 20.8 Å². The first-order valence-corrected chi connectivity index (χ1v) is 14.6. The zero-order chi connectivity index (χ0) is 24.6. The molecule has 188 valence electrons. The molecular formula is C17H28N4O8S4. The van der Waals surface area contributed by atoms with Gasteiger partial charge in [-0.25, -0.2) is 0 Å². The van der Waals surface area contributed by atoms with Crippen molar-refractivity contribution in [3.05, 3.63) is 21.9 Å². The summed E-state index contributed by atoms with van der Waals surface area (Å²) >= 11 is 6.43. The number of hydrogen-bond acceptors (Lipinski definition) is 13. The third kappa shape index (κ3) is 8.17. The Kier molecular flexibility index (Phi) is 10.5. The second-order valence-corrected chi connectivity index (χ2v) is 11.5. The first-order valence-electron chi connectivity index (χ1n) is 10.2. The summed E-state index contributed by atoms with van der Waals surface area (Å²) in [5.74, 6) is -0.969. The highest BCUT2D eigenvalue weighted by atomic mass is 32.2. The Balaban J connectivity index is 2.00. The van der Waals surface area contributed by atoms with Crippen LogP contribution in [0.3, 0.4) is 0 Å². The Morgan fingerprint density at radius 2 is 1.52 bits per heavy atom. The van der Waals surface area contributed by atoms with E-state index in [1.165, 1.54) is 16.7 Å². The molecule has 0 aromatic rings. The fourth-order valence-electron chi connectivity index (χ4n) is 2.78. The van der Waals surface area contributed by atoms with Crippen LogP contribution in [0.5, 0.6) is 0 Å². The van der Waals surface area contributed by atoms with Crippen LogP contribution in [0.1, 0.15) is 33.6 Å². The van der Waals surface area contributed by atoms with Gasteiger partial charge in [-0.1, -0.05) is 25.6 Å². The topological polar surface area (TPSA) is 144 Å². The van der Waals surface area contributed by atoms with Crippen LogP contribution in [0.25, 0.3) is 0 Å². The molecule has 0 unspecified atom stereocenters. The van der Waals surface area contributed by atoms with Gasteiger partial charge in [0.05, 0.1) is 11.5 Å². The minimum absolute atomic E-state index is 0.0246. The molecule has 2 aliphatic heterocycles. The van der Waals surface area contributed by atoms with Gasteiger partial charge >= 0.3 is 0 Å². The molecule has 1 amide bonds. The number of allylic oxidation sites excluding steroid dienone is 1. The summed E-state index contributed by atoms with van der Waals surface area (Å²) in [4.78, 5) is 15.9. The molecule has 33 heavy (non-hydrogen) atoms. The maximum absolute atomic E-state index is 12.9. The van der Waals surface area contributed by atoms with E-state index in [0.717, 1.165) is 5.70 Å². The number of rotatable bonds is 14. The van der Waals surface area contributed by atoms with E-state index in [2.05, 4.69) is 19.5 Å². The molecule has 0 aliphatic carbocycles. The lowest BCUT2D eigenvalue weighted by Crippen LogP contribution is -2.32. The lowest BCUT2D eigenvalue weighted by atomic mass is 10.3. The number of carbonyl (C=O) groups excluding carboxylic acids is 1. The van der Waals surface area contributed by atoms with Crippen LogP contribution < -0.4 is 11.0 Å². The molecular weight excluding hydrogens is 516 g/mol. The van der Waals surface area contributed by atoms with Gasteiger partial charge in [0.25, 0.3) is 31.3 Å². The number of carbonyl (C=O) groups is 1. The lowest BCUT2D eigenvalue weighted by molar-refractivity contribution is -0.123. The van der Waals surface area contributed by atoms with E-state index < -0.39 is 26.1 Å². The number of thioether (sulfide) groups is 1. The minimum atomic E-state index is -3.77. The quantitative estimate of drug-likeness (QED) is 0.180. The average Bonchev–Trinajstić information content (AvgIpc) is 3.24. The van der Waals surface area contributed by atoms with Crippen LogP contribution >= 0.6 is 24.0 Å². The molecule has 2 rings (SSSR count). The molecule has 0 atom stereocenters. The third-order valence-electron chi connectivity index (χ3n) is 4.27. The van der Waals surface area contributed by atoms with Crippen molar-refractivity contribution < 1.29 is 34.9 Å². The van der Waals surface area contributed by atoms with Gasteiger partial charge in [0.2, 0.25) is 5.76 Å². The largest absolute Gasteiger partial charge is 0.423 e. The molecule has 16 heteroatoms. The number of nitrogens with one attached hydrogen (secondary N) is 2. The van der Waals surface area contributed by atoms with Crippen LogP contribution in [0.4, 0.5) is 0 Å². The summed E-state index contributed by atoms with van der Waals surface area (Å²) < 4.78 is 62.0. The molecule has 0 bridgehead atoms. The Morgan fingerprint density at radius 1 is 1.00 bits per heavy atom. The summed E-state index contributed by atoms with van der Waals surface area (Å²) in [6.45, 7) is 6.27. The molecule has 2 heterocycles. The van der Waals surface area contributed by atoms with E-state index >= 15 is 0 Å². The standard InChI is InChI=1S/C17H28N4O8S4/c1-4-18-28-32(23,24)10-6-8-20-13(3)12-31-16(20)14-15(22)21(17(30)27-14)9-7-11-33(25,26)29-19-5-2/h12,18-19H,4-11H2,1-3H3. The number of nitrogens with zero attached hydrogens (tertiary/aromatic N) is 2. The molecule has 0 saturated carbocycles. The van der Waals surface area contributed by atoms with Gasteiger partial charge < -0.3 is 9.64 Å². The van der Waals surface area contributed by atoms with Crippen molar-refractivity contribution in [3.63, 3.8) is 0 Å². The van der Waals surface area contributed by atoms with Crippen molar-refractivity contribution in [2.24, 2.45) is 0 Å². The normalized spacial score (nSPS) is 19.4. The van der Waals surface area contributed by atoms with Crippen LogP contribution in [0.2, 0.25) is 0 Å². The van der Waals surface area contributed by atoms with Crippen LogP contribution in [-0.4, -0.2) is 75.4 Å². The highest BCUT2D eigenvalue weighted by Crippen LogP contribution is 2.39. The number of thiocarbonyl (C=S) groups is 1. The summed E-state index contributed by atoms with van der Waals surface area (Å²) in [6, 6.07) is 0. The van der Waals surface area contributed by atoms with Crippen molar-refractivity contribution >= 4 is 55.3 Å². The fraction of sp³-hybridized carbons (Fsp3) is 0.647. The Morgan fingerprint density at radius 3 is 2.03 bits per heavy atom. The van der Waals surface area contributed by atoms with E-state index in [9.17, 15) is 21.6 Å². The Labute approximate surface area is 203 Å². The monoisotopic (exact) mass is 544 g/mol. The zero-order valence-electron chi connectivity index (χ0n) is 18.5. The van der Waals surface area contributed by atoms with Crippen molar-refractivity contribution in [3.8, 4) is 0 Å². The third-order valence-corrected chi connectivity index (χ3v) is 7.98. The van der Waals surface area contributed by atoms with E-state index in [1.54, 1.807) is 18.7 Å². The summed E-state index contributed by atoms with van der Waals surface area (Å²) in [7, 11) is -7.49. The average molecular weight is 545 g/mol.